The SMILES string of the molecule is CC1CCC(CN2CCCNC(C3CC3)C2)CC1. The summed E-state index contributed by atoms with van der Waals surface area (Å²) in [5.74, 6) is 3.00. The molecule has 1 heterocycles. The highest BCUT2D eigenvalue weighted by Crippen LogP contribution is 2.34. The van der Waals surface area contributed by atoms with E-state index in [1.165, 1.54) is 71.1 Å². The molecule has 0 radical (unpaired) electrons. The minimum absolute atomic E-state index is 0.815. The van der Waals surface area contributed by atoms with Crippen LogP contribution in [0.2, 0.25) is 0 Å². The molecule has 3 rings (SSSR count). The summed E-state index contributed by atoms with van der Waals surface area (Å²) in [6, 6.07) is 0.815. The van der Waals surface area contributed by atoms with Crippen molar-refractivity contribution in [2.45, 2.75) is 57.9 Å². The van der Waals surface area contributed by atoms with Crippen molar-refractivity contribution in [1.82, 2.24) is 10.2 Å². The van der Waals surface area contributed by atoms with Gasteiger partial charge >= 0.3 is 0 Å². The van der Waals surface area contributed by atoms with E-state index in [-0.39, 0.29) is 0 Å². The Kier molecular flexibility index (Phi) is 4.25. The van der Waals surface area contributed by atoms with E-state index in [1.54, 1.807) is 0 Å². The van der Waals surface area contributed by atoms with Crippen LogP contribution in [-0.2, 0) is 0 Å². The molecule has 2 saturated carbocycles. The van der Waals surface area contributed by atoms with E-state index in [1.807, 2.05) is 0 Å². The summed E-state index contributed by atoms with van der Waals surface area (Å²) in [4.78, 5) is 2.78. The van der Waals surface area contributed by atoms with Crippen LogP contribution in [0.25, 0.3) is 0 Å². The normalized spacial score (nSPS) is 39.5. The molecule has 1 unspecified atom stereocenters. The van der Waals surface area contributed by atoms with Gasteiger partial charge in [0, 0.05) is 19.1 Å². The molecule has 104 valence electrons. The molecule has 0 bridgehead atoms. The van der Waals surface area contributed by atoms with Crippen molar-refractivity contribution in [3.05, 3.63) is 0 Å². The van der Waals surface area contributed by atoms with Gasteiger partial charge in [0.25, 0.3) is 0 Å². The first-order valence-corrected chi connectivity index (χ1v) is 8.27. The van der Waals surface area contributed by atoms with E-state index < -0.39 is 0 Å². The molecule has 0 aromatic rings. The summed E-state index contributed by atoms with van der Waals surface area (Å²) in [7, 11) is 0. The molecule has 3 fully saturated rings. The summed E-state index contributed by atoms with van der Waals surface area (Å²) in [5, 5.41) is 3.78. The largest absolute Gasteiger partial charge is 0.312 e. The van der Waals surface area contributed by atoms with Gasteiger partial charge in [-0.1, -0.05) is 19.8 Å². The summed E-state index contributed by atoms with van der Waals surface area (Å²) in [6.07, 6.45) is 10.2. The Hall–Kier alpha value is -0.0800. The molecule has 2 heteroatoms. The molecule has 0 amide bonds. The Bertz CT molecular complexity index is 254. The predicted octanol–water partition coefficient (Wildman–Crippen LogP) is 2.89. The Labute approximate surface area is 113 Å². The average Bonchev–Trinajstić information content (AvgIpc) is 3.18. The molecule has 1 saturated heterocycles. The van der Waals surface area contributed by atoms with Gasteiger partial charge in [-0.3, -0.25) is 0 Å². The van der Waals surface area contributed by atoms with Crippen molar-refractivity contribution < 1.29 is 0 Å². The van der Waals surface area contributed by atoms with Crippen LogP contribution in [0.15, 0.2) is 0 Å². The number of hydrogen-bond donors (Lipinski definition) is 1. The fraction of sp³-hybridized carbons (Fsp3) is 1.00. The molecule has 3 aliphatic rings. The third-order valence-electron chi connectivity index (χ3n) is 5.36. The molecule has 0 aromatic heterocycles. The molecular formula is C16H30N2. The van der Waals surface area contributed by atoms with Crippen LogP contribution in [0, 0.1) is 17.8 Å². The lowest BCUT2D eigenvalue weighted by atomic mass is 9.83. The first-order valence-electron chi connectivity index (χ1n) is 8.27. The molecule has 0 spiro atoms. The molecular weight excluding hydrogens is 220 g/mol. The molecule has 1 aliphatic heterocycles. The zero-order valence-electron chi connectivity index (χ0n) is 12.0. The van der Waals surface area contributed by atoms with Crippen molar-refractivity contribution in [3.8, 4) is 0 Å². The van der Waals surface area contributed by atoms with Gasteiger partial charge in [-0.2, -0.15) is 0 Å². The Morgan fingerprint density at radius 1 is 1.06 bits per heavy atom. The van der Waals surface area contributed by atoms with Crippen molar-refractivity contribution in [2.24, 2.45) is 17.8 Å². The summed E-state index contributed by atoms with van der Waals surface area (Å²) < 4.78 is 0. The van der Waals surface area contributed by atoms with Crippen LogP contribution < -0.4 is 5.32 Å². The molecule has 2 nitrogen and oxygen atoms in total. The van der Waals surface area contributed by atoms with Crippen LogP contribution in [0.5, 0.6) is 0 Å². The smallest absolute Gasteiger partial charge is 0.0223 e. The quantitative estimate of drug-likeness (QED) is 0.828. The molecule has 18 heavy (non-hydrogen) atoms. The summed E-state index contributed by atoms with van der Waals surface area (Å²) in [5.41, 5.74) is 0. The van der Waals surface area contributed by atoms with Crippen LogP contribution in [0.4, 0.5) is 0 Å². The number of nitrogens with one attached hydrogen (secondary N) is 1. The number of rotatable bonds is 3. The van der Waals surface area contributed by atoms with Crippen LogP contribution >= 0.6 is 0 Å². The average molecular weight is 250 g/mol. The fourth-order valence-corrected chi connectivity index (χ4v) is 3.88. The highest BCUT2D eigenvalue weighted by atomic mass is 15.2. The topological polar surface area (TPSA) is 15.3 Å². The maximum Gasteiger partial charge on any atom is 0.0223 e. The number of nitrogens with zero attached hydrogens (tertiary/aromatic N) is 1. The zero-order chi connectivity index (χ0) is 12.4. The van der Waals surface area contributed by atoms with Gasteiger partial charge < -0.3 is 10.2 Å². The maximum absolute atomic E-state index is 3.78. The van der Waals surface area contributed by atoms with E-state index >= 15 is 0 Å². The Balaban J connectivity index is 1.48. The second kappa shape index (κ2) is 5.92. The first-order chi connectivity index (χ1) is 8.81. The fourth-order valence-electron chi connectivity index (χ4n) is 3.88. The van der Waals surface area contributed by atoms with Gasteiger partial charge in [-0.15, -0.1) is 0 Å². The second-order valence-electron chi connectivity index (χ2n) is 7.14. The highest BCUT2D eigenvalue weighted by molar-refractivity contribution is 4.90. The monoisotopic (exact) mass is 250 g/mol. The second-order valence-corrected chi connectivity index (χ2v) is 7.14. The van der Waals surface area contributed by atoms with Gasteiger partial charge in [0.05, 0.1) is 0 Å². The van der Waals surface area contributed by atoms with E-state index in [9.17, 15) is 0 Å². The van der Waals surface area contributed by atoms with E-state index in [2.05, 4.69) is 17.1 Å². The standard InChI is InChI=1S/C16H30N2/c1-13-3-5-14(6-4-13)11-18-10-2-9-17-16(12-18)15-7-8-15/h13-17H,2-12H2,1H3. The van der Waals surface area contributed by atoms with Crippen LogP contribution in [0.1, 0.15) is 51.9 Å². The molecule has 1 N–H and O–H groups in total. The van der Waals surface area contributed by atoms with E-state index in [4.69, 9.17) is 0 Å². The van der Waals surface area contributed by atoms with Gasteiger partial charge in [0.2, 0.25) is 0 Å². The lowest BCUT2D eigenvalue weighted by molar-refractivity contribution is 0.179. The van der Waals surface area contributed by atoms with Crippen molar-refractivity contribution in [2.75, 3.05) is 26.2 Å². The lowest BCUT2D eigenvalue weighted by Gasteiger charge is -2.32. The number of hydrogen-bond acceptors (Lipinski definition) is 2. The third-order valence-corrected chi connectivity index (χ3v) is 5.36. The highest BCUT2D eigenvalue weighted by Gasteiger charge is 2.33. The summed E-state index contributed by atoms with van der Waals surface area (Å²) in [6.45, 7) is 7.73. The Morgan fingerprint density at radius 3 is 2.56 bits per heavy atom. The van der Waals surface area contributed by atoms with Gasteiger partial charge in [0.15, 0.2) is 0 Å². The van der Waals surface area contributed by atoms with Gasteiger partial charge in [0.1, 0.15) is 0 Å². The van der Waals surface area contributed by atoms with Crippen molar-refractivity contribution >= 4 is 0 Å². The minimum Gasteiger partial charge on any atom is -0.312 e. The van der Waals surface area contributed by atoms with Crippen molar-refractivity contribution in [1.29, 1.82) is 0 Å². The van der Waals surface area contributed by atoms with Crippen LogP contribution in [-0.4, -0.2) is 37.1 Å². The van der Waals surface area contributed by atoms with Crippen LogP contribution in [0.3, 0.4) is 0 Å². The van der Waals surface area contributed by atoms with Crippen molar-refractivity contribution in [3.63, 3.8) is 0 Å². The molecule has 0 aromatic carbocycles. The predicted molar refractivity (Wildman–Crippen MR) is 76.7 cm³/mol. The minimum atomic E-state index is 0.815. The van der Waals surface area contributed by atoms with Gasteiger partial charge in [-0.25, -0.2) is 0 Å². The maximum atomic E-state index is 3.78. The zero-order valence-corrected chi connectivity index (χ0v) is 12.0. The van der Waals surface area contributed by atoms with Gasteiger partial charge in [-0.05, 0) is 62.9 Å². The Morgan fingerprint density at radius 2 is 1.83 bits per heavy atom. The molecule has 2 aliphatic carbocycles. The molecule has 1 atom stereocenters. The van der Waals surface area contributed by atoms with E-state index in [0.29, 0.717) is 0 Å². The first kappa shape index (κ1) is 12.9. The third kappa shape index (κ3) is 3.48. The lowest BCUT2D eigenvalue weighted by Crippen LogP contribution is -2.41. The van der Waals surface area contributed by atoms with E-state index in [0.717, 1.165) is 23.8 Å². The summed E-state index contributed by atoms with van der Waals surface area (Å²) >= 11 is 0.